The van der Waals surface area contributed by atoms with Gasteiger partial charge < -0.3 is 4.57 Å². The molecule has 0 bridgehead atoms. The highest BCUT2D eigenvalue weighted by atomic mass is 35.5. The van der Waals surface area contributed by atoms with Crippen LogP contribution in [0.4, 0.5) is 0 Å². The fourth-order valence-electron chi connectivity index (χ4n) is 2.99. The highest BCUT2D eigenvalue weighted by Gasteiger charge is 2.18. The normalized spacial score (nSPS) is 11.1. The van der Waals surface area contributed by atoms with Crippen molar-refractivity contribution in [2.45, 2.75) is 17.8 Å². The van der Waals surface area contributed by atoms with Crippen LogP contribution in [0, 0.1) is 6.92 Å². The molecule has 2 aromatic carbocycles. The predicted octanol–water partition coefficient (Wildman–Crippen LogP) is 6.46. The van der Waals surface area contributed by atoms with Gasteiger partial charge in [0.05, 0.1) is 0 Å². The molecule has 0 N–H and O–H groups in total. The number of nitrogens with zero attached hydrogens (tertiary/aromatic N) is 3. The minimum atomic E-state index is 0.756. The van der Waals surface area contributed by atoms with Crippen LogP contribution in [0.5, 0.6) is 0 Å². The van der Waals surface area contributed by atoms with E-state index in [0.717, 1.165) is 27.3 Å². The van der Waals surface area contributed by atoms with E-state index in [2.05, 4.69) is 51.3 Å². The van der Waals surface area contributed by atoms with Crippen LogP contribution in [0.25, 0.3) is 22.5 Å². The summed E-state index contributed by atoms with van der Waals surface area (Å²) in [5.41, 5.74) is 4.80. The van der Waals surface area contributed by atoms with Gasteiger partial charge in [-0.1, -0.05) is 65.8 Å². The maximum absolute atomic E-state index is 5.96. The molecular formula is C21H18ClN3S2. The van der Waals surface area contributed by atoms with Gasteiger partial charge in [0.25, 0.3) is 0 Å². The smallest absolute Gasteiger partial charge is 0.191 e. The maximum Gasteiger partial charge on any atom is 0.191 e. The molecule has 0 saturated heterocycles. The summed E-state index contributed by atoms with van der Waals surface area (Å²) in [7, 11) is 2.03. The first-order valence-corrected chi connectivity index (χ1v) is 10.8. The number of thioether (sulfide) groups is 1. The van der Waals surface area contributed by atoms with E-state index in [9.17, 15) is 0 Å². The van der Waals surface area contributed by atoms with E-state index in [1.807, 2.05) is 37.4 Å². The Morgan fingerprint density at radius 1 is 1.04 bits per heavy atom. The first-order chi connectivity index (χ1) is 13.1. The average molecular weight is 412 g/mol. The number of rotatable bonds is 5. The molecule has 0 atom stereocenters. The van der Waals surface area contributed by atoms with E-state index in [0.29, 0.717) is 0 Å². The van der Waals surface area contributed by atoms with E-state index in [1.54, 1.807) is 23.1 Å². The van der Waals surface area contributed by atoms with Gasteiger partial charge in [0.15, 0.2) is 11.0 Å². The summed E-state index contributed by atoms with van der Waals surface area (Å²) < 4.78 is 2.08. The molecule has 2 aromatic heterocycles. The summed E-state index contributed by atoms with van der Waals surface area (Å²) in [6, 6.07) is 18.4. The molecule has 6 heteroatoms. The second-order valence-corrected chi connectivity index (χ2v) is 8.69. The van der Waals surface area contributed by atoms with Gasteiger partial charge >= 0.3 is 0 Å². The highest BCUT2D eigenvalue weighted by Crippen LogP contribution is 2.38. The lowest BCUT2D eigenvalue weighted by molar-refractivity contribution is 0.794. The summed E-state index contributed by atoms with van der Waals surface area (Å²) >= 11 is 9.39. The zero-order valence-corrected chi connectivity index (χ0v) is 17.4. The molecule has 0 radical (unpaired) electrons. The topological polar surface area (TPSA) is 30.7 Å². The Kier molecular flexibility index (Phi) is 5.34. The third-order valence-corrected chi connectivity index (χ3v) is 6.65. The highest BCUT2D eigenvalue weighted by molar-refractivity contribution is 7.98. The van der Waals surface area contributed by atoms with Crippen molar-refractivity contribution in [3.05, 3.63) is 75.4 Å². The third kappa shape index (κ3) is 3.81. The van der Waals surface area contributed by atoms with Gasteiger partial charge in [0.2, 0.25) is 0 Å². The molecule has 4 aromatic rings. The molecule has 27 heavy (non-hydrogen) atoms. The van der Waals surface area contributed by atoms with Crippen LogP contribution < -0.4 is 0 Å². The molecule has 136 valence electrons. The fraction of sp³-hybridized carbons (Fsp3) is 0.143. The molecule has 0 unspecified atom stereocenters. The molecule has 0 aliphatic carbocycles. The number of benzene rings is 2. The van der Waals surface area contributed by atoms with Gasteiger partial charge in [0.1, 0.15) is 0 Å². The Bertz CT molecular complexity index is 1050. The van der Waals surface area contributed by atoms with Crippen molar-refractivity contribution in [1.82, 2.24) is 14.8 Å². The van der Waals surface area contributed by atoms with Gasteiger partial charge in [0, 0.05) is 39.2 Å². The van der Waals surface area contributed by atoms with E-state index < -0.39 is 0 Å². The molecule has 0 aliphatic rings. The van der Waals surface area contributed by atoms with Crippen molar-refractivity contribution >= 4 is 34.7 Å². The summed E-state index contributed by atoms with van der Waals surface area (Å²) in [6.45, 7) is 2.16. The lowest BCUT2D eigenvalue weighted by Crippen LogP contribution is -1.95. The number of thiophene rings is 1. The molecule has 0 aliphatic heterocycles. The average Bonchev–Trinajstić information content (AvgIpc) is 3.24. The van der Waals surface area contributed by atoms with Crippen LogP contribution in [0.2, 0.25) is 5.02 Å². The van der Waals surface area contributed by atoms with Gasteiger partial charge in [-0.05, 0) is 30.2 Å². The molecule has 0 amide bonds. The van der Waals surface area contributed by atoms with E-state index >= 15 is 0 Å². The van der Waals surface area contributed by atoms with E-state index in [4.69, 9.17) is 11.6 Å². The number of aryl methyl sites for hydroxylation is 1. The van der Waals surface area contributed by atoms with Gasteiger partial charge in [-0.3, -0.25) is 0 Å². The van der Waals surface area contributed by atoms with Crippen molar-refractivity contribution in [2.24, 2.45) is 7.05 Å². The molecule has 2 heterocycles. The van der Waals surface area contributed by atoms with Crippen LogP contribution in [0.15, 0.2) is 65.1 Å². The Labute approximate surface area is 172 Å². The maximum atomic E-state index is 5.96. The summed E-state index contributed by atoms with van der Waals surface area (Å²) in [6.07, 6.45) is 0. The fourth-order valence-corrected chi connectivity index (χ4v) is 4.84. The zero-order valence-electron chi connectivity index (χ0n) is 15.0. The first-order valence-electron chi connectivity index (χ1n) is 8.54. The number of halogens is 1. The van der Waals surface area contributed by atoms with Crippen molar-refractivity contribution < 1.29 is 0 Å². The first kappa shape index (κ1) is 18.3. The quantitative estimate of drug-likeness (QED) is 0.353. The monoisotopic (exact) mass is 411 g/mol. The predicted molar refractivity (Wildman–Crippen MR) is 116 cm³/mol. The van der Waals surface area contributed by atoms with E-state index in [-0.39, 0.29) is 0 Å². The zero-order chi connectivity index (χ0) is 18.8. The van der Waals surface area contributed by atoms with Crippen LogP contribution >= 0.6 is 34.7 Å². The molecule has 0 fully saturated rings. The number of aromatic nitrogens is 3. The largest absolute Gasteiger partial charge is 0.305 e. The van der Waals surface area contributed by atoms with Gasteiger partial charge in [-0.2, -0.15) is 0 Å². The van der Waals surface area contributed by atoms with Gasteiger partial charge in [-0.25, -0.2) is 0 Å². The molecule has 0 spiro atoms. The summed E-state index contributed by atoms with van der Waals surface area (Å²) in [4.78, 5) is 1.29. The molecule has 3 nitrogen and oxygen atoms in total. The van der Waals surface area contributed by atoms with Crippen LogP contribution in [-0.4, -0.2) is 14.8 Å². The molecule has 0 saturated carbocycles. The summed E-state index contributed by atoms with van der Waals surface area (Å²) in [5.74, 6) is 1.73. The Balaban J connectivity index is 1.62. The van der Waals surface area contributed by atoms with E-state index in [1.165, 1.54) is 21.6 Å². The third-order valence-electron chi connectivity index (χ3n) is 4.39. The van der Waals surface area contributed by atoms with Gasteiger partial charge in [-0.15, -0.1) is 21.5 Å². The second-order valence-electron chi connectivity index (χ2n) is 6.23. The minimum Gasteiger partial charge on any atom is -0.305 e. The van der Waals surface area contributed by atoms with Crippen LogP contribution in [0.3, 0.4) is 0 Å². The van der Waals surface area contributed by atoms with Crippen LogP contribution in [0.1, 0.15) is 10.4 Å². The Morgan fingerprint density at radius 2 is 1.78 bits per heavy atom. The second kappa shape index (κ2) is 7.89. The Hall–Kier alpha value is -2.08. The van der Waals surface area contributed by atoms with Crippen molar-refractivity contribution in [3.8, 4) is 22.5 Å². The molecule has 4 rings (SSSR count). The Morgan fingerprint density at radius 3 is 2.52 bits per heavy atom. The van der Waals surface area contributed by atoms with Crippen molar-refractivity contribution in [2.75, 3.05) is 0 Å². The molecular weight excluding hydrogens is 394 g/mol. The number of hydrogen-bond donors (Lipinski definition) is 0. The SMILES string of the molecule is Cc1scc(-c2nnc(SCc3ccc(Cl)cc3)n2C)c1-c1ccccc1. The lowest BCUT2D eigenvalue weighted by Gasteiger charge is -2.07. The number of hydrogen-bond acceptors (Lipinski definition) is 4. The van der Waals surface area contributed by atoms with Crippen molar-refractivity contribution in [3.63, 3.8) is 0 Å². The standard InChI is InChI=1S/C21H18ClN3S2/c1-14-19(16-6-4-3-5-7-16)18(13-26-14)20-23-24-21(25(20)2)27-12-15-8-10-17(22)11-9-15/h3-11,13H,12H2,1-2H3. The van der Waals surface area contributed by atoms with Crippen molar-refractivity contribution in [1.29, 1.82) is 0 Å². The summed E-state index contributed by atoms with van der Waals surface area (Å²) in [5, 5.41) is 12.7. The van der Waals surface area contributed by atoms with Crippen LogP contribution in [-0.2, 0) is 12.8 Å². The minimum absolute atomic E-state index is 0.756. The lowest BCUT2D eigenvalue weighted by atomic mass is 10.0.